The summed E-state index contributed by atoms with van der Waals surface area (Å²) in [6, 6.07) is 2.79. The molecule has 2 N–H and O–H groups in total. The summed E-state index contributed by atoms with van der Waals surface area (Å²) in [5.74, 6) is 0.111. The van der Waals surface area contributed by atoms with Gasteiger partial charge in [-0.2, -0.15) is 5.10 Å². The Balaban J connectivity index is 2.25. The van der Waals surface area contributed by atoms with Crippen molar-refractivity contribution in [1.82, 2.24) is 20.4 Å². The molecule has 1 amide bonds. The highest BCUT2D eigenvalue weighted by atomic mass is 16.1. The Bertz CT molecular complexity index is 412. The van der Waals surface area contributed by atoms with E-state index in [2.05, 4.69) is 36.5 Å². The number of hydrogen-bond donors (Lipinski definition) is 2. The summed E-state index contributed by atoms with van der Waals surface area (Å²) >= 11 is 0. The van der Waals surface area contributed by atoms with Crippen molar-refractivity contribution in [2.75, 3.05) is 6.54 Å². The van der Waals surface area contributed by atoms with Crippen molar-refractivity contribution in [2.24, 2.45) is 0 Å². The summed E-state index contributed by atoms with van der Waals surface area (Å²) < 4.78 is 2.05. The highest BCUT2D eigenvalue weighted by Gasteiger charge is 2.08. The monoisotopic (exact) mass is 294 g/mol. The van der Waals surface area contributed by atoms with Gasteiger partial charge in [-0.15, -0.1) is 0 Å². The van der Waals surface area contributed by atoms with Crippen molar-refractivity contribution < 1.29 is 4.79 Å². The Morgan fingerprint density at radius 1 is 1.29 bits per heavy atom. The van der Waals surface area contributed by atoms with Crippen LogP contribution in [0.15, 0.2) is 12.3 Å². The van der Waals surface area contributed by atoms with E-state index in [0.29, 0.717) is 25.6 Å². The largest absolute Gasteiger partial charge is 0.354 e. The van der Waals surface area contributed by atoms with Gasteiger partial charge < -0.3 is 10.6 Å². The molecule has 5 heteroatoms. The van der Waals surface area contributed by atoms with E-state index in [1.165, 1.54) is 0 Å². The molecule has 0 bridgehead atoms. The third-order valence-electron chi connectivity index (χ3n) is 3.83. The molecule has 1 unspecified atom stereocenters. The van der Waals surface area contributed by atoms with E-state index in [-0.39, 0.29) is 11.9 Å². The number of carbonyl (C=O) groups excluding carboxylic acids is 1. The molecule has 0 aliphatic heterocycles. The molecule has 21 heavy (non-hydrogen) atoms. The fraction of sp³-hybridized carbons (Fsp3) is 0.750. The van der Waals surface area contributed by atoms with Crippen molar-refractivity contribution in [2.45, 2.75) is 72.0 Å². The highest BCUT2D eigenvalue weighted by Crippen LogP contribution is 2.14. The average Bonchev–Trinajstić information content (AvgIpc) is 2.93. The van der Waals surface area contributed by atoms with Crippen LogP contribution < -0.4 is 10.6 Å². The molecule has 1 atom stereocenters. The molecule has 120 valence electrons. The van der Waals surface area contributed by atoms with Gasteiger partial charge in [0.25, 0.3) is 0 Å². The van der Waals surface area contributed by atoms with Crippen molar-refractivity contribution >= 4 is 5.91 Å². The minimum Gasteiger partial charge on any atom is -0.354 e. The lowest BCUT2D eigenvalue weighted by Crippen LogP contribution is -2.33. The van der Waals surface area contributed by atoms with E-state index < -0.39 is 0 Å². The first-order chi connectivity index (χ1) is 10.1. The summed E-state index contributed by atoms with van der Waals surface area (Å²) in [7, 11) is 0. The molecule has 0 saturated carbocycles. The number of amides is 1. The van der Waals surface area contributed by atoms with Gasteiger partial charge in [0.2, 0.25) is 5.91 Å². The SMILES string of the molecule is CCC(C)NC(=O)CCNCc1ccn(C(CC)CC)n1. The Morgan fingerprint density at radius 3 is 2.62 bits per heavy atom. The maximum absolute atomic E-state index is 11.6. The number of aromatic nitrogens is 2. The van der Waals surface area contributed by atoms with Gasteiger partial charge in [-0.3, -0.25) is 9.48 Å². The predicted octanol–water partition coefficient (Wildman–Crippen LogP) is 2.64. The van der Waals surface area contributed by atoms with Gasteiger partial charge in [0, 0.05) is 31.7 Å². The third kappa shape index (κ3) is 6.29. The van der Waals surface area contributed by atoms with Crippen molar-refractivity contribution in [3.63, 3.8) is 0 Å². The lowest BCUT2D eigenvalue weighted by atomic mass is 10.2. The quantitative estimate of drug-likeness (QED) is 0.652. The molecular formula is C16H30N4O. The zero-order chi connectivity index (χ0) is 15.7. The van der Waals surface area contributed by atoms with Crippen LogP contribution in [0, 0.1) is 0 Å². The van der Waals surface area contributed by atoms with Gasteiger partial charge in [0.05, 0.1) is 11.7 Å². The summed E-state index contributed by atoms with van der Waals surface area (Å²) in [6.45, 7) is 9.85. The summed E-state index contributed by atoms with van der Waals surface area (Å²) in [5.41, 5.74) is 1.03. The summed E-state index contributed by atoms with van der Waals surface area (Å²) in [4.78, 5) is 11.6. The molecule has 0 aliphatic carbocycles. The second-order valence-corrected chi connectivity index (χ2v) is 5.56. The van der Waals surface area contributed by atoms with Crippen molar-refractivity contribution in [3.05, 3.63) is 18.0 Å². The van der Waals surface area contributed by atoms with Crippen LogP contribution >= 0.6 is 0 Å². The van der Waals surface area contributed by atoms with E-state index in [1.807, 2.05) is 23.9 Å². The molecule has 1 aromatic heterocycles. The minimum atomic E-state index is 0.111. The van der Waals surface area contributed by atoms with Crippen LogP contribution in [-0.4, -0.2) is 28.3 Å². The smallest absolute Gasteiger partial charge is 0.221 e. The molecule has 5 nitrogen and oxygen atoms in total. The summed E-state index contributed by atoms with van der Waals surface area (Å²) in [5, 5.41) is 10.8. The Hall–Kier alpha value is -1.36. The second kappa shape index (κ2) is 9.55. The molecular weight excluding hydrogens is 264 g/mol. The highest BCUT2D eigenvalue weighted by molar-refractivity contribution is 5.76. The fourth-order valence-corrected chi connectivity index (χ4v) is 2.21. The maximum Gasteiger partial charge on any atom is 0.221 e. The van der Waals surface area contributed by atoms with Gasteiger partial charge >= 0.3 is 0 Å². The van der Waals surface area contributed by atoms with E-state index in [4.69, 9.17) is 0 Å². The van der Waals surface area contributed by atoms with Crippen LogP contribution in [0.2, 0.25) is 0 Å². The number of hydrogen-bond acceptors (Lipinski definition) is 3. The molecule has 0 aliphatic rings. The zero-order valence-corrected chi connectivity index (χ0v) is 13.9. The van der Waals surface area contributed by atoms with Crippen LogP contribution in [-0.2, 0) is 11.3 Å². The number of nitrogens with zero attached hydrogens (tertiary/aromatic N) is 2. The van der Waals surface area contributed by atoms with E-state index >= 15 is 0 Å². The first-order valence-corrected chi connectivity index (χ1v) is 8.14. The fourth-order valence-electron chi connectivity index (χ4n) is 2.21. The van der Waals surface area contributed by atoms with Gasteiger partial charge in [-0.05, 0) is 32.3 Å². The Labute approximate surface area is 128 Å². The lowest BCUT2D eigenvalue weighted by Gasteiger charge is -2.12. The molecule has 0 fully saturated rings. The first-order valence-electron chi connectivity index (χ1n) is 8.14. The van der Waals surface area contributed by atoms with E-state index in [0.717, 1.165) is 25.0 Å². The lowest BCUT2D eigenvalue weighted by molar-refractivity contribution is -0.121. The first kappa shape index (κ1) is 17.7. The van der Waals surface area contributed by atoms with E-state index in [9.17, 15) is 4.79 Å². The van der Waals surface area contributed by atoms with Crippen LogP contribution in [0.25, 0.3) is 0 Å². The second-order valence-electron chi connectivity index (χ2n) is 5.56. The molecule has 0 saturated heterocycles. The van der Waals surface area contributed by atoms with Crippen LogP contribution in [0.5, 0.6) is 0 Å². The molecule has 0 radical (unpaired) electrons. The average molecular weight is 294 g/mol. The number of carbonyl (C=O) groups is 1. The predicted molar refractivity (Wildman–Crippen MR) is 86.1 cm³/mol. The van der Waals surface area contributed by atoms with Gasteiger partial charge in [0.15, 0.2) is 0 Å². The maximum atomic E-state index is 11.6. The van der Waals surface area contributed by atoms with Crippen LogP contribution in [0.1, 0.15) is 65.1 Å². The van der Waals surface area contributed by atoms with E-state index in [1.54, 1.807) is 0 Å². The van der Waals surface area contributed by atoms with Gasteiger partial charge in [-0.1, -0.05) is 20.8 Å². The Morgan fingerprint density at radius 2 is 2.00 bits per heavy atom. The normalized spacial score (nSPS) is 12.6. The van der Waals surface area contributed by atoms with Crippen LogP contribution in [0.3, 0.4) is 0 Å². The molecule has 0 spiro atoms. The number of nitrogens with one attached hydrogen (secondary N) is 2. The Kier molecular flexibility index (Phi) is 8.05. The molecule has 1 aromatic rings. The number of rotatable bonds is 10. The molecule has 1 heterocycles. The van der Waals surface area contributed by atoms with Gasteiger partial charge in [0.1, 0.15) is 0 Å². The zero-order valence-electron chi connectivity index (χ0n) is 13.9. The molecule has 0 aromatic carbocycles. The molecule has 1 rings (SSSR count). The van der Waals surface area contributed by atoms with Crippen LogP contribution in [0.4, 0.5) is 0 Å². The van der Waals surface area contributed by atoms with Gasteiger partial charge in [-0.25, -0.2) is 0 Å². The third-order valence-corrected chi connectivity index (χ3v) is 3.83. The summed E-state index contributed by atoms with van der Waals surface area (Å²) in [6.07, 6.45) is 5.72. The standard InChI is InChI=1S/C16H30N4O/c1-5-13(4)18-16(21)8-10-17-12-14-9-11-20(19-14)15(6-2)7-3/h9,11,13,15,17H,5-8,10,12H2,1-4H3,(H,18,21). The van der Waals surface area contributed by atoms with Crippen molar-refractivity contribution in [3.8, 4) is 0 Å². The van der Waals surface area contributed by atoms with Crippen molar-refractivity contribution in [1.29, 1.82) is 0 Å². The topological polar surface area (TPSA) is 59.0 Å². The minimum absolute atomic E-state index is 0.111.